The van der Waals surface area contributed by atoms with Crippen LogP contribution in [0.15, 0.2) is 212 Å². The number of carbonyl (C=O) groups excluding carboxylic acids is 4. The quantitative estimate of drug-likeness (QED) is 0.0283. The molecular formula is C73H78N2O19. The Kier molecular flexibility index (Phi) is 24.1. The van der Waals surface area contributed by atoms with Crippen molar-refractivity contribution < 1.29 is 90.6 Å². The van der Waals surface area contributed by atoms with Crippen molar-refractivity contribution in [2.75, 3.05) is 13.2 Å². The van der Waals surface area contributed by atoms with Gasteiger partial charge in [0, 0.05) is 6.92 Å². The van der Waals surface area contributed by atoms with E-state index in [0.29, 0.717) is 5.56 Å². The van der Waals surface area contributed by atoms with Crippen molar-refractivity contribution in [2.45, 2.75) is 158 Å². The average Bonchev–Trinajstić information content (AvgIpc) is 1.50. The summed E-state index contributed by atoms with van der Waals surface area (Å²) >= 11 is 0. The van der Waals surface area contributed by atoms with Gasteiger partial charge in [0.25, 0.3) is 0 Å². The van der Waals surface area contributed by atoms with Gasteiger partial charge in [-0.3, -0.25) is 4.79 Å². The van der Waals surface area contributed by atoms with Crippen molar-refractivity contribution in [3.8, 4) is 0 Å². The Morgan fingerprint density at radius 1 is 0.457 bits per heavy atom. The molecule has 7 aromatic carbocycles. The van der Waals surface area contributed by atoms with Crippen molar-refractivity contribution in [3.63, 3.8) is 0 Å². The Morgan fingerprint density at radius 2 is 0.915 bits per heavy atom. The number of nitrogens with one attached hydrogen (secondary N) is 2. The lowest BCUT2D eigenvalue weighted by atomic mass is 9.94. The summed E-state index contributed by atoms with van der Waals surface area (Å²) in [5.74, 6) is -2.23. The molecule has 0 radical (unpaired) electrons. The van der Waals surface area contributed by atoms with Crippen LogP contribution in [0.25, 0.3) is 0 Å². The molecule has 2 amide bonds. The van der Waals surface area contributed by atoms with E-state index in [2.05, 4.69) is 10.6 Å². The summed E-state index contributed by atoms with van der Waals surface area (Å²) in [7, 11) is 0. The summed E-state index contributed by atoms with van der Waals surface area (Å²) in [5.41, 5.74) is 5.56. The molecule has 21 nitrogen and oxygen atoms in total. The monoisotopic (exact) mass is 1290 g/mol. The third-order valence-electron chi connectivity index (χ3n) is 16.3. The van der Waals surface area contributed by atoms with Crippen LogP contribution in [0.4, 0.5) is 4.79 Å². The standard InChI is InChI=1S/C73H78N2O19/c1-47-57(75-73(80)88-44-55-36-22-9-23-37-55)59(77)58(74-48(2)76)70(89-47)91-62-63-67(85-42-53-32-18-7-19-33-53)72(94-65(62)69(79)90-63)92-61-60(83-40-51-28-14-5-15-29-51)64(68(78)86-43-54-34-20-8-21-35-54)93-71(66(61)84-41-52-30-16-6-17-31-52)87-46-56(82-39-50-26-12-4-13-27-50)45-81-38-49-24-10-3-11-25-49/h3-37,47,56-67,70-72,77H,38-46H2,1-2H3,(H,74,76)(H,75,80)/t47-,56-,57+,58-,59+,60-,61+,62-,63+,64+,65+,66-,67-,70-,71+,72+/m1/s1. The summed E-state index contributed by atoms with van der Waals surface area (Å²) in [6, 6.07) is 63.2. The first kappa shape index (κ1) is 67.2. The Hall–Kier alpha value is -8.26. The van der Waals surface area contributed by atoms with Crippen LogP contribution in [0.5, 0.6) is 0 Å². The van der Waals surface area contributed by atoms with Gasteiger partial charge < -0.3 is 82.1 Å². The maximum Gasteiger partial charge on any atom is 0.407 e. The molecule has 94 heavy (non-hydrogen) atoms. The van der Waals surface area contributed by atoms with Gasteiger partial charge in [0.1, 0.15) is 62.0 Å². The molecule has 11 rings (SSSR count). The zero-order chi connectivity index (χ0) is 65.0. The predicted molar refractivity (Wildman–Crippen MR) is 337 cm³/mol. The molecule has 0 spiro atoms. The second-order valence-corrected chi connectivity index (χ2v) is 23.2. The molecule has 3 N–H and O–H groups in total. The average molecular weight is 1290 g/mol. The van der Waals surface area contributed by atoms with Crippen LogP contribution < -0.4 is 10.6 Å². The fraction of sp³-hybridized carbons (Fsp3) is 0.370. The number of hydrogen-bond acceptors (Lipinski definition) is 19. The number of hydrogen-bond donors (Lipinski definition) is 3. The Morgan fingerprint density at radius 3 is 1.44 bits per heavy atom. The summed E-state index contributed by atoms with van der Waals surface area (Å²) in [5, 5.41) is 17.4. The highest BCUT2D eigenvalue weighted by Gasteiger charge is 2.63. The van der Waals surface area contributed by atoms with Crippen molar-refractivity contribution >= 4 is 23.9 Å². The molecule has 0 aromatic heterocycles. The predicted octanol–water partition coefficient (Wildman–Crippen LogP) is 8.36. The van der Waals surface area contributed by atoms with Crippen molar-refractivity contribution in [3.05, 3.63) is 251 Å². The first-order valence-corrected chi connectivity index (χ1v) is 31.5. The topological polar surface area (TPSA) is 242 Å². The van der Waals surface area contributed by atoms with Gasteiger partial charge >= 0.3 is 18.0 Å². The van der Waals surface area contributed by atoms with Gasteiger partial charge in [-0.25, -0.2) is 14.4 Å². The van der Waals surface area contributed by atoms with Gasteiger partial charge in [-0.1, -0.05) is 212 Å². The highest BCUT2D eigenvalue weighted by atomic mass is 16.8. The third-order valence-corrected chi connectivity index (χ3v) is 16.3. The second-order valence-electron chi connectivity index (χ2n) is 23.2. The Balaban J connectivity index is 0.931. The van der Waals surface area contributed by atoms with Crippen LogP contribution in [-0.4, -0.2) is 140 Å². The second kappa shape index (κ2) is 33.7. The first-order chi connectivity index (χ1) is 46.0. The Bertz CT molecular complexity index is 3440. The molecule has 2 bridgehead atoms. The van der Waals surface area contributed by atoms with Crippen molar-refractivity contribution in [2.24, 2.45) is 0 Å². The zero-order valence-corrected chi connectivity index (χ0v) is 52.1. The van der Waals surface area contributed by atoms with Crippen LogP contribution in [-0.2, 0) is 127 Å². The molecule has 4 heterocycles. The smallest absolute Gasteiger partial charge is 0.407 e. The van der Waals surface area contributed by atoms with Gasteiger partial charge in [-0.2, -0.15) is 0 Å². The molecule has 4 aliphatic rings. The summed E-state index contributed by atoms with van der Waals surface area (Å²) in [6.45, 7) is 2.96. The molecule has 0 saturated carbocycles. The fourth-order valence-corrected chi connectivity index (χ4v) is 11.5. The van der Waals surface area contributed by atoms with Crippen molar-refractivity contribution in [1.29, 1.82) is 0 Å². The maximum absolute atomic E-state index is 15.1. The van der Waals surface area contributed by atoms with Crippen molar-refractivity contribution in [1.82, 2.24) is 10.6 Å². The van der Waals surface area contributed by atoms with E-state index in [1.54, 1.807) is 19.1 Å². The highest BCUT2D eigenvalue weighted by Crippen LogP contribution is 2.41. The van der Waals surface area contributed by atoms with E-state index in [9.17, 15) is 19.5 Å². The van der Waals surface area contributed by atoms with Crippen LogP contribution in [0.2, 0.25) is 0 Å². The molecule has 7 aromatic rings. The number of carbonyl (C=O) groups is 4. The van der Waals surface area contributed by atoms with E-state index in [1.165, 1.54) is 6.92 Å². The first-order valence-electron chi connectivity index (χ1n) is 31.5. The van der Waals surface area contributed by atoms with E-state index in [1.807, 2.05) is 200 Å². The minimum atomic E-state index is -1.58. The molecule has 0 aliphatic carbocycles. The molecule has 0 unspecified atom stereocenters. The SMILES string of the molecule is CC(=O)N[C@H]1[C@@H](O[C@@H]2[C@@H]3OC(=O)[C@H]2O[C@H](O[C@H]2[C@@H](OCc4ccccc4)[C@@H](C(=O)OCc4ccccc4)O[C@H](OC[C@@H](COCc4ccccc4)OCc4ccccc4)[C@@H]2OCc2ccccc2)[C@@H]3OCc2ccccc2)O[C@H](C)[C@H](NC(=O)OCc2ccccc2)[C@@H]1O. The molecule has 4 saturated heterocycles. The molecular weight excluding hydrogens is 1210 g/mol. The van der Waals surface area contributed by atoms with Crippen LogP contribution in [0, 0.1) is 0 Å². The molecule has 21 heteroatoms. The van der Waals surface area contributed by atoms with Gasteiger partial charge in [0.05, 0.1) is 58.4 Å². The third kappa shape index (κ3) is 18.4. The number of benzene rings is 7. The van der Waals surface area contributed by atoms with E-state index in [0.717, 1.165) is 33.4 Å². The Labute approximate surface area is 545 Å². The summed E-state index contributed by atoms with van der Waals surface area (Å²) in [4.78, 5) is 55.7. The van der Waals surface area contributed by atoms with Gasteiger partial charge in [0.2, 0.25) is 5.91 Å². The molecule has 4 fully saturated rings. The lowest BCUT2D eigenvalue weighted by molar-refractivity contribution is -0.366. The number of rotatable bonds is 30. The minimum Gasteiger partial charge on any atom is -0.459 e. The normalized spacial score (nSPS) is 26.7. The lowest BCUT2D eigenvalue weighted by Gasteiger charge is -2.48. The number of esters is 2. The molecule has 4 aliphatic heterocycles. The number of aliphatic hydroxyl groups excluding tert-OH is 1. The van der Waals surface area contributed by atoms with E-state index >= 15 is 4.79 Å². The summed E-state index contributed by atoms with van der Waals surface area (Å²) in [6.07, 6.45) is -19.7. The fourth-order valence-electron chi connectivity index (χ4n) is 11.5. The van der Waals surface area contributed by atoms with Crippen LogP contribution in [0.1, 0.15) is 52.8 Å². The van der Waals surface area contributed by atoms with Gasteiger partial charge in [-0.05, 0) is 45.9 Å². The van der Waals surface area contributed by atoms with E-state index in [4.69, 9.17) is 66.3 Å². The number of ether oxygens (including phenoxy) is 14. The van der Waals surface area contributed by atoms with E-state index in [-0.39, 0.29) is 59.5 Å². The number of amides is 2. The maximum atomic E-state index is 15.1. The largest absolute Gasteiger partial charge is 0.459 e. The highest BCUT2D eigenvalue weighted by molar-refractivity contribution is 5.79. The van der Waals surface area contributed by atoms with Crippen LogP contribution >= 0.6 is 0 Å². The lowest BCUT2D eigenvalue weighted by Crippen LogP contribution is -2.69. The number of alkyl carbamates (subject to hydrolysis) is 1. The molecule has 494 valence electrons. The minimum absolute atomic E-state index is 0.0220. The van der Waals surface area contributed by atoms with Gasteiger partial charge in [-0.15, -0.1) is 0 Å². The summed E-state index contributed by atoms with van der Waals surface area (Å²) < 4.78 is 92.2. The molecule has 16 atom stereocenters. The zero-order valence-electron chi connectivity index (χ0n) is 52.1. The van der Waals surface area contributed by atoms with Gasteiger partial charge in [0.15, 0.2) is 37.2 Å². The van der Waals surface area contributed by atoms with E-state index < -0.39 is 122 Å². The number of fused-ring (bicyclic) bond motifs is 2. The van der Waals surface area contributed by atoms with Crippen LogP contribution in [0.3, 0.4) is 0 Å². The number of aliphatic hydroxyl groups is 1.